The lowest BCUT2D eigenvalue weighted by Crippen LogP contribution is -2.16. The maximum absolute atomic E-state index is 12.0. The predicted molar refractivity (Wildman–Crippen MR) is 73.0 cm³/mol. The van der Waals surface area contributed by atoms with Gasteiger partial charge in [-0.15, -0.1) is 0 Å². The first kappa shape index (κ1) is 13.0. The van der Waals surface area contributed by atoms with E-state index in [9.17, 15) is 9.59 Å². The Bertz CT molecular complexity index is 612. The molecule has 3 heteroatoms. The Morgan fingerprint density at radius 2 is 1.58 bits per heavy atom. The number of esters is 1. The van der Waals surface area contributed by atoms with E-state index in [0.29, 0.717) is 5.56 Å². The van der Waals surface area contributed by atoms with Crippen LogP contribution in [0.4, 0.5) is 0 Å². The summed E-state index contributed by atoms with van der Waals surface area (Å²) in [6, 6.07) is 14.8. The molecule has 0 atom stereocenters. The van der Waals surface area contributed by atoms with Gasteiger partial charge in [-0.1, -0.05) is 54.1 Å². The third-order valence-electron chi connectivity index (χ3n) is 2.91. The van der Waals surface area contributed by atoms with Crippen molar-refractivity contribution in [3.05, 3.63) is 59.7 Å². The summed E-state index contributed by atoms with van der Waals surface area (Å²) in [5.41, 5.74) is 3.13. The highest BCUT2D eigenvalue weighted by atomic mass is 16.5. The van der Waals surface area contributed by atoms with Gasteiger partial charge in [-0.2, -0.15) is 0 Å². The molecular weight excluding hydrogens is 240 g/mol. The van der Waals surface area contributed by atoms with Crippen LogP contribution in [-0.4, -0.2) is 18.9 Å². The van der Waals surface area contributed by atoms with Crippen molar-refractivity contribution in [3.63, 3.8) is 0 Å². The number of aryl methyl sites for hydroxylation is 1. The summed E-state index contributed by atoms with van der Waals surface area (Å²) in [4.78, 5) is 23.3. The Balaban J connectivity index is 2.50. The summed E-state index contributed by atoms with van der Waals surface area (Å²) in [6.45, 7) is 2.00. The number of ether oxygens (including phenoxy) is 1. The number of benzene rings is 2. The van der Waals surface area contributed by atoms with Crippen LogP contribution in [0.1, 0.15) is 15.9 Å². The quantitative estimate of drug-likeness (QED) is 0.480. The molecule has 0 saturated heterocycles. The van der Waals surface area contributed by atoms with E-state index in [1.165, 1.54) is 7.11 Å². The van der Waals surface area contributed by atoms with Crippen molar-refractivity contribution < 1.29 is 14.3 Å². The van der Waals surface area contributed by atoms with Gasteiger partial charge in [-0.3, -0.25) is 4.79 Å². The topological polar surface area (TPSA) is 43.4 Å². The summed E-state index contributed by atoms with van der Waals surface area (Å²) in [7, 11) is 1.20. The molecule has 0 unspecified atom stereocenters. The number of Topliss-reactive ketones (excluding diaryl/α,β-unsaturated/α-hetero) is 1. The van der Waals surface area contributed by atoms with Crippen LogP contribution in [0.3, 0.4) is 0 Å². The molecule has 2 aromatic carbocycles. The number of rotatable bonds is 3. The first-order valence-corrected chi connectivity index (χ1v) is 5.92. The van der Waals surface area contributed by atoms with Gasteiger partial charge in [0, 0.05) is 5.56 Å². The van der Waals surface area contributed by atoms with Gasteiger partial charge in [0.25, 0.3) is 5.78 Å². The summed E-state index contributed by atoms with van der Waals surface area (Å²) in [5.74, 6) is -1.47. The lowest BCUT2D eigenvalue weighted by Gasteiger charge is -2.08. The molecule has 0 amide bonds. The smallest absolute Gasteiger partial charge is 0.379 e. The van der Waals surface area contributed by atoms with Gasteiger partial charge in [0.15, 0.2) is 0 Å². The van der Waals surface area contributed by atoms with Crippen molar-refractivity contribution in [2.45, 2.75) is 6.92 Å². The summed E-state index contributed by atoms with van der Waals surface area (Å²) in [6.07, 6.45) is 0. The number of methoxy groups -OCH3 is 1. The molecule has 0 N–H and O–H groups in total. The highest BCUT2D eigenvalue weighted by Gasteiger charge is 2.20. The van der Waals surface area contributed by atoms with Crippen LogP contribution in [0, 0.1) is 6.92 Å². The molecule has 19 heavy (non-hydrogen) atoms. The Kier molecular flexibility index (Phi) is 3.76. The third kappa shape index (κ3) is 2.71. The zero-order valence-electron chi connectivity index (χ0n) is 10.8. The first-order chi connectivity index (χ1) is 9.13. The van der Waals surface area contributed by atoms with Crippen LogP contribution in [0.2, 0.25) is 0 Å². The van der Waals surface area contributed by atoms with Crippen molar-refractivity contribution in [2.24, 2.45) is 0 Å². The average molecular weight is 254 g/mol. The van der Waals surface area contributed by atoms with Crippen molar-refractivity contribution in [2.75, 3.05) is 7.11 Å². The molecule has 0 aliphatic rings. The molecule has 0 aromatic heterocycles. The number of carbonyl (C=O) groups excluding carboxylic acids is 2. The van der Waals surface area contributed by atoms with Crippen LogP contribution in [0.25, 0.3) is 11.1 Å². The summed E-state index contributed by atoms with van der Waals surface area (Å²) < 4.78 is 4.49. The zero-order valence-corrected chi connectivity index (χ0v) is 10.8. The molecular formula is C16H14O3. The van der Waals surface area contributed by atoms with E-state index >= 15 is 0 Å². The minimum absolute atomic E-state index is 0.359. The zero-order chi connectivity index (χ0) is 13.8. The first-order valence-electron chi connectivity index (χ1n) is 5.92. The lowest BCUT2D eigenvalue weighted by atomic mass is 9.96. The Morgan fingerprint density at radius 3 is 2.21 bits per heavy atom. The van der Waals surface area contributed by atoms with Crippen LogP contribution >= 0.6 is 0 Å². The minimum atomic E-state index is -0.848. The molecule has 0 spiro atoms. The standard InChI is InChI=1S/C16H14O3/c1-11-7-9-12(10-8-11)13-5-3-4-6-14(13)15(17)16(18)19-2/h3-10H,1-2H3. The van der Waals surface area contributed by atoms with Crippen molar-refractivity contribution in [3.8, 4) is 11.1 Å². The number of hydrogen-bond acceptors (Lipinski definition) is 3. The molecule has 0 heterocycles. The summed E-state index contributed by atoms with van der Waals surface area (Å²) in [5, 5.41) is 0. The Morgan fingerprint density at radius 1 is 0.947 bits per heavy atom. The van der Waals surface area contributed by atoms with Crippen LogP contribution in [0.15, 0.2) is 48.5 Å². The van der Waals surface area contributed by atoms with Crippen molar-refractivity contribution in [1.82, 2.24) is 0 Å². The molecule has 0 aliphatic heterocycles. The van der Waals surface area contributed by atoms with E-state index in [4.69, 9.17) is 0 Å². The molecule has 3 nitrogen and oxygen atoms in total. The maximum Gasteiger partial charge on any atom is 0.379 e. The maximum atomic E-state index is 12.0. The normalized spacial score (nSPS) is 10.0. The van der Waals surface area contributed by atoms with Gasteiger partial charge in [0.05, 0.1) is 7.11 Å². The second-order valence-corrected chi connectivity index (χ2v) is 4.23. The van der Waals surface area contributed by atoms with E-state index in [0.717, 1.165) is 16.7 Å². The molecule has 0 fully saturated rings. The second-order valence-electron chi connectivity index (χ2n) is 4.23. The largest absolute Gasteiger partial charge is 0.463 e. The van der Waals surface area contributed by atoms with Crippen molar-refractivity contribution in [1.29, 1.82) is 0 Å². The Hall–Kier alpha value is -2.42. The minimum Gasteiger partial charge on any atom is -0.463 e. The lowest BCUT2D eigenvalue weighted by molar-refractivity contribution is -0.135. The predicted octanol–water partition coefficient (Wildman–Crippen LogP) is 3.02. The Labute approximate surface area is 111 Å². The van der Waals surface area contributed by atoms with Crippen LogP contribution in [0.5, 0.6) is 0 Å². The molecule has 0 radical (unpaired) electrons. The number of hydrogen-bond donors (Lipinski definition) is 0. The monoisotopic (exact) mass is 254 g/mol. The fourth-order valence-electron chi connectivity index (χ4n) is 1.87. The van der Waals surface area contributed by atoms with Gasteiger partial charge in [-0.05, 0) is 18.1 Å². The van der Waals surface area contributed by atoms with Gasteiger partial charge in [0.2, 0.25) is 0 Å². The van der Waals surface area contributed by atoms with Gasteiger partial charge in [-0.25, -0.2) is 4.79 Å². The summed E-state index contributed by atoms with van der Waals surface area (Å²) >= 11 is 0. The number of carbonyl (C=O) groups is 2. The van der Waals surface area contributed by atoms with Gasteiger partial charge >= 0.3 is 5.97 Å². The van der Waals surface area contributed by atoms with E-state index in [-0.39, 0.29) is 0 Å². The van der Waals surface area contributed by atoms with Crippen molar-refractivity contribution >= 4 is 11.8 Å². The van der Waals surface area contributed by atoms with E-state index in [1.807, 2.05) is 43.3 Å². The SMILES string of the molecule is COC(=O)C(=O)c1ccccc1-c1ccc(C)cc1. The number of ketones is 1. The fourth-order valence-corrected chi connectivity index (χ4v) is 1.87. The van der Waals surface area contributed by atoms with E-state index < -0.39 is 11.8 Å². The van der Waals surface area contributed by atoms with Gasteiger partial charge < -0.3 is 4.74 Å². The molecule has 0 saturated carbocycles. The highest BCUT2D eigenvalue weighted by Crippen LogP contribution is 2.24. The average Bonchev–Trinajstić information content (AvgIpc) is 2.46. The molecule has 96 valence electrons. The molecule has 2 aromatic rings. The molecule has 0 aliphatic carbocycles. The highest BCUT2D eigenvalue weighted by molar-refractivity contribution is 6.41. The van der Waals surface area contributed by atoms with Gasteiger partial charge in [0.1, 0.15) is 0 Å². The second kappa shape index (κ2) is 5.48. The van der Waals surface area contributed by atoms with Crippen LogP contribution < -0.4 is 0 Å². The third-order valence-corrected chi connectivity index (χ3v) is 2.91. The van der Waals surface area contributed by atoms with E-state index in [2.05, 4.69) is 4.74 Å². The fraction of sp³-hybridized carbons (Fsp3) is 0.125. The molecule has 0 bridgehead atoms. The van der Waals surface area contributed by atoms with Crippen LogP contribution in [-0.2, 0) is 9.53 Å². The molecule has 2 rings (SSSR count). The van der Waals surface area contributed by atoms with E-state index in [1.54, 1.807) is 12.1 Å².